The van der Waals surface area contributed by atoms with Crippen molar-refractivity contribution in [3.05, 3.63) is 12.4 Å². The van der Waals surface area contributed by atoms with E-state index in [1.54, 1.807) is 12.4 Å². The van der Waals surface area contributed by atoms with Gasteiger partial charge in [0.05, 0.1) is 12.4 Å². The number of anilines is 2. The van der Waals surface area contributed by atoms with Crippen LogP contribution in [0, 0.1) is 5.92 Å². The van der Waals surface area contributed by atoms with E-state index in [0.29, 0.717) is 12.0 Å². The van der Waals surface area contributed by atoms with Crippen molar-refractivity contribution in [2.75, 3.05) is 38.3 Å². The maximum Gasteiger partial charge on any atom is 0.147 e. The van der Waals surface area contributed by atoms with Gasteiger partial charge in [-0.25, -0.2) is 4.98 Å². The number of hydrogen-bond acceptors (Lipinski definition) is 5. The first-order valence-electron chi connectivity index (χ1n) is 6.42. The third kappa shape index (κ3) is 5.31. The van der Waals surface area contributed by atoms with Crippen LogP contribution in [-0.4, -0.2) is 48.6 Å². The second-order valence-corrected chi connectivity index (χ2v) is 5.27. The van der Waals surface area contributed by atoms with Crippen LogP contribution in [0.3, 0.4) is 0 Å². The van der Waals surface area contributed by atoms with Crippen molar-refractivity contribution in [1.82, 2.24) is 14.9 Å². The van der Waals surface area contributed by atoms with E-state index < -0.39 is 0 Å². The highest BCUT2D eigenvalue weighted by Gasteiger charge is 2.12. The van der Waals surface area contributed by atoms with E-state index in [1.807, 2.05) is 7.05 Å². The van der Waals surface area contributed by atoms with Crippen LogP contribution in [0.15, 0.2) is 12.4 Å². The smallest absolute Gasteiger partial charge is 0.147 e. The second kappa shape index (κ2) is 7.16. The van der Waals surface area contributed by atoms with E-state index >= 15 is 0 Å². The first-order valence-corrected chi connectivity index (χ1v) is 6.42. The van der Waals surface area contributed by atoms with Gasteiger partial charge in [-0.1, -0.05) is 13.8 Å². The van der Waals surface area contributed by atoms with Crippen molar-refractivity contribution in [3.8, 4) is 0 Å². The van der Waals surface area contributed by atoms with Crippen molar-refractivity contribution in [2.45, 2.75) is 26.3 Å². The van der Waals surface area contributed by atoms with Gasteiger partial charge in [0.15, 0.2) is 0 Å². The summed E-state index contributed by atoms with van der Waals surface area (Å²) in [6.07, 6.45) is 4.60. The lowest BCUT2D eigenvalue weighted by Crippen LogP contribution is -2.33. The molecule has 0 saturated carbocycles. The molecule has 1 aromatic rings. The molecule has 102 valence electrons. The van der Waals surface area contributed by atoms with Crippen molar-refractivity contribution in [3.63, 3.8) is 0 Å². The molecule has 0 aliphatic heterocycles. The zero-order valence-electron chi connectivity index (χ0n) is 12.1. The maximum absolute atomic E-state index is 4.44. The Kier molecular flexibility index (Phi) is 5.85. The molecule has 18 heavy (non-hydrogen) atoms. The van der Waals surface area contributed by atoms with Crippen molar-refractivity contribution < 1.29 is 0 Å². The fourth-order valence-corrected chi connectivity index (χ4v) is 1.95. The fraction of sp³-hybridized carbons (Fsp3) is 0.692. The van der Waals surface area contributed by atoms with Crippen LogP contribution in [-0.2, 0) is 0 Å². The molecule has 1 rings (SSSR count). The fourth-order valence-electron chi connectivity index (χ4n) is 1.95. The van der Waals surface area contributed by atoms with E-state index in [1.165, 1.54) is 0 Å². The summed E-state index contributed by atoms with van der Waals surface area (Å²) in [4.78, 5) is 10.8. The van der Waals surface area contributed by atoms with Gasteiger partial charge in [0.25, 0.3) is 0 Å². The molecule has 1 unspecified atom stereocenters. The van der Waals surface area contributed by atoms with E-state index in [2.05, 4.69) is 53.4 Å². The number of hydrogen-bond donors (Lipinski definition) is 2. The summed E-state index contributed by atoms with van der Waals surface area (Å²) in [5.74, 6) is 2.27. The first kappa shape index (κ1) is 14.7. The van der Waals surface area contributed by atoms with Crippen LogP contribution in [0.1, 0.15) is 20.3 Å². The normalized spacial score (nSPS) is 12.8. The topological polar surface area (TPSA) is 53.1 Å². The van der Waals surface area contributed by atoms with Crippen molar-refractivity contribution >= 4 is 11.6 Å². The SMILES string of the molecule is CNc1cncc(NC(CC(C)C)CN(C)C)n1. The van der Waals surface area contributed by atoms with E-state index in [4.69, 9.17) is 0 Å². The summed E-state index contributed by atoms with van der Waals surface area (Å²) >= 11 is 0. The monoisotopic (exact) mass is 251 g/mol. The highest BCUT2D eigenvalue weighted by Crippen LogP contribution is 2.12. The summed E-state index contributed by atoms with van der Waals surface area (Å²) in [6.45, 7) is 5.46. The first-order chi connectivity index (χ1) is 8.51. The lowest BCUT2D eigenvalue weighted by atomic mass is 10.0. The molecule has 0 radical (unpaired) electrons. The molecule has 2 N–H and O–H groups in total. The number of rotatable bonds is 7. The molecule has 1 heterocycles. The zero-order chi connectivity index (χ0) is 13.5. The average Bonchev–Trinajstić information content (AvgIpc) is 2.27. The van der Waals surface area contributed by atoms with E-state index in [-0.39, 0.29) is 0 Å². The Morgan fingerprint density at radius 3 is 2.44 bits per heavy atom. The van der Waals surface area contributed by atoms with Gasteiger partial charge >= 0.3 is 0 Å². The molecule has 1 aromatic heterocycles. The van der Waals surface area contributed by atoms with Crippen LogP contribution >= 0.6 is 0 Å². The Labute approximate surface area is 110 Å². The minimum atomic E-state index is 0.390. The number of aromatic nitrogens is 2. The molecule has 5 nitrogen and oxygen atoms in total. The molecule has 0 fully saturated rings. The van der Waals surface area contributed by atoms with Gasteiger partial charge in [-0.15, -0.1) is 0 Å². The summed E-state index contributed by atoms with van der Waals surface area (Å²) in [7, 11) is 6.02. The summed E-state index contributed by atoms with van der Waals surface area (Å²) < 4.78 is 0. The van der Waals surface area contributed by atoms with E-state index in [9.17, 15) is 0 Å². The molecule has 5 heteroatoms. The van der Waals surface area contributed by atoms with E-state index in [0.717, 1.165) is 24.6 Å². The lowest BCUT2D eigenvalue weighted by molar-refractivity contribution is 0.356. The lowest BCUT2D eigenvalue weighted by Gasteiger charge is -2.24. The zero-order valence-corrected chi connectivity index (χ0v) is 12.1. The molecule has 0 bridgehead atoms. The van der Waals surface area contributed by atoms with Gasteiger partial charge in [0, 0.05) is 19.6 Å². The van der Waals surface area contributed by atoms with Crippen molar-refractivity contribution in [1.29, 1.82) is 0 Å². The molecular weight excluding hydrogens is 226 g/mol. The van der Waals surface area contributed by atoms with Crippen LogP contribution in [0.25, 0.3) is 0 Å². The standard InChI is InChI=1S/C13H25N5/c1-10(2)6-11(9-18(4)5)16-13-8-15-7-12(14-3)17-13/h7-8,10-11H,6,9H2,1-5H3,(H2,14,16,17). The van der Waals surface area contributed by atoms with Crippen molar-refractivity contribution in [2.24, 2.45) is 5.92 Å². The van der Waals surface area contributed by atoms with Crippen LogP contribution in [0.5, 0.6) is 0 Å². The third-order valence-electron chi connectivity index (χ3n) is 2.58. The predicted octanol–water partition coefficient (Wildman–Crippen LogP) is 1.91. The Hall–Kier alpha value is -1.36. The molecule has 0 amide bonds. The maximum atomic E-state index is 4.44. The van der Waals surface area contributed by atoms with Crippen LogP contribution < -0.4 is 10.6 Å². The number of likely N-dealkylation sites (N-methyl/N-ethyl adjacent to an activating group) is 1. The number of nitrogens with zero attached hydrogens (tertiary/aromatic N) is 3. The van der Waals surface area contributed by atoms with Gasteiger partial charge in [-0.3, -0.25) is 4.98 Å². The van der Waals surface area contributed by atoms with Gasteiger partial charge in [0.2, 0.25) is 0 Å². The molecule has 0 aliphatic rings. The highest BCUT2D eigenvalue weighted by molar-refractivity contribution is 5.41. The Morgan fingerprint density at radius 2 is 1.89 bits per heavy atom. The minimum Gasteiger partial charge on any atom is -0.372 e. The number of nitrogens with one attached hydrogen (secondary N) is 2. The predicted molar refractivity (Wildman–Crippen MR) is 77.0 cm³/mol. The van der Waals surface area contributed by atoms with Gasteiger partial charge in [0.1, 0.15) is 11.6 Å². The van der Waals surface area contributed by atoms with Gasteiger partial charge in [-0.2, -0.15) is 0 Å². The van der Waals surface area contributed by atoms with Gasteiger partial charge < -0.3 is 15.5 Å². The molecule has 1 atom stereocenters. The molecule has 0 saturated heterocycles. The minimum absolute atomic E-state index is 0.390. The highest BCUT2D eigenvalue weighted by atomic mass is 15.1. The third-order valence-corrected chi connectivity index (χ3v) is 2.58. The Bertz CT molecular complexity index is 341. The summed E-state index contributed by atoms with van der Waals surface area (Å²) in [6, 6.07) is 0.390. The van der Waals surface area contributed by atoms with Gasteiger partial charge in [-0.05, 0) is 26.4 Å². The molecule has 0 aliphatic carbocycles. The van der Waals surface area contributed by atoms with Crippen LogP contribution in [0.2, 0.25) is 0 Å². The Balaban J connectivity index is 2.68. The quantitative estimate of drug-likeness (QED) is 0.775. The van der Waals surface area contributed by atoms with Crippen LogP contribution in [0.4, 0.5) is 11.6 Å². The molecule has 0 spiro atoms. The Morgan fingerprint density at radius 1 is 1.22 bits per heavy atom. The molecular formula is C13H25N5. The summed E-state index contributed by atoms with van der Waals surface area (Å²) in [5, 5.41) is 6.46. The largest absolute Gasteiger partial charge is 0.372 e. The molecule has 0 aromatic carbocycles. The second-order valence-electron chi connectivity index (χ2n) is 5.27. The summed E-state index contributed by atoms with van der Waals surface area (Å²) in [5.41, 5.74) is 0. The average molecular weight is 251 g/mol.